The van der Waals surface area contributed by atoms with Crippen molar-refractivity contribution in [2.24, 2.45) is 4.99 Å². The van der Waals surface area contributed by atoms with Crippen molar-refractivity contribution < 1.29 is 23.4 Å². The second-order valence-corrected chi connectivity index (χ2v) is 10.8. The number of benzene rings is 3. The fourth-order valence-electron chi connectivity index (χ4n) is 4.79. The van der Waals surface area contributed by atoms with Gasteiger partial charge in [-0.05, 0) is 69.2 Å². The molecule has 1 aliphatic rings. The highest BCUT2D eigenvalue weighted by atomic mass is 32.1. The molecule has 0 saturated carbocycles. The van der Waals surface area contributed by atoms with Crippen LogP contribution in [0.1, 0.15) is 50.4 Å². The summed E-state index contributed by atoms with van der Waals surface area (Å²) in [5.74, 6) is 0.179. The van der Waals surface area contributed by atoms with E-state index in [2.05, 4.69) is 0 Å². The molecular formula is C33H31FN2O5S. The third-order valence-corrected chi connectivity index (χ3v) is 7.47. The van der Waals surface area contributed by atoms with Gasteiger partial charge < -0.3 is 14.2 Å². The molecule has 7 nitrogen and oxygen atoms in total. The van der Waals surface area contributed by atoms with Crippen LogP contribution in [0.25, 0.3) is 11.8 Å². The number of aromatic nitrogens is 1. The van der Waals surface area contributed by atoms with Gasteiger partial charge in [0.05, 0.1) is 41.2 Å². The summed E-state index contributed by atoms with van der Waals surface area (Å²) in [6, 6.07) is 19.7. The molecule has 0 amide bonds. The lowest BCUT2D eigenvalue weighted by Gasteiger charge is -2.25. The Morgan fingerprint density at radius 3 is 2.43 bits per heavy atom. The zero-order valence-electron chi connectivity index (χ0n) is 23.8. The van der Waals surface area contributed by atoms with E-state index in [0.717, 1.165) is 5.56 Å². The second-order valence-electron chi connectivity index (χ2n) is 9.79. The molecule has 3 aromatic carbocycles. The smallest absolute Gasteiger partial charge is 0.338 e. The first-order valence-corrected chi connectivity index (χ1v) is 14.6. The topological polar surface area (TPSA) is 79.1 Å². The Labute approximate surface area is 246 Å². The first-order chi connectivity index (χ1) is 20.3. The second kappa shape index (κ2) is 12.6. The van der Waals surface area contributed by atoms with Crippen molar-refractivity contribution >= 4 is 29.1 Å². The van der Waals surface area contributed by atoms with Crippen LogP contribution in [0.15, 0.2) is 88.2 Å². The summed E-state index contributed by atoms with van der Waals surface area (Å²) in [5.41, 5.74) is 2.29. The van der Waals surface area contributed by atoms with Crippen LogP contribution in [0.2, 0.25) is 0 Å². The van der Waals surface area contributed by atoms with E-state index in [9.17, 15) is 14.0 Å². The lowest BCUT2D eigenvalue weighted by atomic mass is 9.93. The number of ether oxygens (including phenoxy) is 3. The Hall–Kier alpha value is -4.50. The first-order valence-electron chi connectivity index (χ1n) is 13.8. The van der Waals surface area contributed by atoms with Gasteiger partial charge in [0, 0.05) is 5.56 Å². The molecule has 5 rings (SSSR count). The van der Waals surface area contributed by atoms with Gasteiger partial charge in [-0.15, -0.1) is 0 Å². The van der Waals surface area contributed by atoms with Gasteiger partial charge in [-0.25, -0.2) is 14.2 Å². The Bertz CT molecular complexity index is 1810. The molecule has 4 aromatic rings. The van der Waals surface area contributed by atoms with E-state index >= 15 is 0 Å². The predicted molar refractivity (Wildman–Crippen MR) is 161 cm³/mol. The number of hydrogen-bond donors (Lipinski definition) is 0. The zero-order valence-corrected chi connectivity index (χ0v) is 24.6. The van der Waals surface area contributed by atoms with Gasteiger partial charge in [-0.3, -0.25) is 9.36 Å². The molecule has 1 aliphatic heterocycles. The van der Waals surface area contributed by atoms with Crippen molar-refractivity contribution in [1.82, 2.24) is 4.57 Å². The highest BCUT2D eigenvalue weighted by Crippen LogP contribution is 2.35. The van der Waals surface area contributed by atoms with Crippen molar-refractivity contribution in [2.75, 3.05) is 13.2 Å². The molecule has 2 heterocycles. The van der Waals surface area contributed by atoms with Crippen LogP contribution in [0, 0.1) is 5.82 Å². The molecule has 0 N–H and O–H groups in total. The minimum absolute atomic E-state index is 0.0300. The molecule has 1 aromatic heterocycles. The summed E-state index contributed by atoms with van der Waals surface area (Å²) in [6.45, 7) is 8.09. The van der Waals surface area contributed by atoms with Crippen molar-refractivity contribution in [1.29, 1.82) is 0 Å². The van der Waals surface area contributed by atoms with E-state index in [0.29, 0.717) is 44.3 Å². The minimum atomic E-state index is -0.876. The largest absolute Gasteiger partial charge is 0.490 e. The molecule has 0 saturated heterocycles. The molecule has 0 radical (unpaired) electrons. The number of thiazole rings is 1. The van der Waals surface area contributed by atoms with Crippen LogP contribution in [-0.2, 0) is 9.53 Å². The molecule has 9 heteroatoms. The summed E-state index contributed by atoms with van der Waals surface area (Å²) in [6.07, 6.45) is 1.74. The maximum Gasteiger partial charge on any atom is 0.338 e. The van der Waals surface area contributed by atoms with Crippen LogP contribution >= 0.6 is 11.3 Å². The zero-order chi connectivity index (χ0) is 29.8. The van der Waals surface area contributed by atoms with Crippen LogP contribution in [0.3, 0.4) is 0 Å². The lowest BCUT2D eigenvalue weighted by Crippen LogP contribution is -2.40. The van der Waals surface area contributed by atoms with E-state index < -0.39 is 17.8 Å². The van der Waals surface area contributed by atoms with Crippen molar-refractivity contribution in [3.05, 3.63) is 121 Å². The Balaban J connectivity index is 1.75. The maximum atomic E-state index is 14.0. The summed E-state index contributed by atoms with van der Waals surface area (Å²) in [7, 11) is 0. The molecule has 0 bridgehead atoms. The molecule has 1 atom stereocenters. The van der Waals surface area contributed by atoms with Crippen molar-refractivity contribution in [3.63, 3.8) is 0 Å². The SMILES string of the molecule is CCOC(=O)C1=C(c2ccccc2)N=c2s/c(=C\c3ccc(OC(C)C)c(OCC)c3)c(=O)n2[C@H]1c1ccc(F)cc1. The average Bonchev–Trinajstić information content (AvgIpc) is 3.28. The molecule has 0 aliphatic carbocycles. The van der Waals surface area contributed by atoms with E-state index in [1.54, 1.807) is 25.1 Å². The molecule has 0 unspecified atom stereocenters. The fourth-order valence-corrected chi connectivity index (χ4v) is 5.79. The van der Waals surface area contributed by atoms with E-state index in [-0.39, 0.29) is 23.8 Å². The van der Waals surface area contributed by atoms with Crippen LogP contribution in [0.4, 0.5) is 4.39 Å². The third-order valence-electron chi connectivity index (χ3n) is 6.49. The highest BCUT2D eigenvalue weighted by molar-refractivity contribution is 7.07. The Kier molecular flexibility index (Phi) is 8.68. The normalized spacial score (nSPS) is 14.9. The van der Waals surface area contributed by atoms with E-state index in [4.69, 9.17) is 19.2 Å². The average molecular weight is 587 g/mol. The summed E-state index contributed by atoms with van der Waals surface area (Å²) in [5, 5.41) is 0. The van der Waals surface area contributed by atoms with Gasteiger partial charge >= 0.3 is 5.97 Å². The minimum Gasteiger partial charge on any atom is -0.490 e. The molecular weight excluding hydrogens is 555 g/mol. The van der Waals surface area contributed by atoms with Gasteiger partial charge in [0.2, 0.25) is 0 Å². The highest BCUT2D eigenvalue weighted by Gasteiger charge is 2.35. The Morgan fingerprint density at radius 2 is 1.76 bits per heavy atom. The Morgan fingerprint density at radius 1 is 1.02 bits per heavy atom. The standard InChI is InChI=1S/C33H31FN2O5S/c1-5-39-26-18-21(12-17-25(26)41-20(3)4)19-27-31(37)36-30(23-13-15-24(34)16-14-23)28(32(38)40-6-2)29(35-33(36)42-27)22-10-8-7-9-11-22/h7-20,30H,5-6H2,1-4H3/b27-19-/t30-/m0/s1. The van der Waals surface area contributed by atoms with Gasteiger partial charge in [0.25, 0.3) is 5.56 Å². The van der Waals surface area contributed by atoms with Gasteiger partial charge in [0.15, 0.2) is 16.3 Å². The number of nitrogens with zero attached hydrogens (tertiary/aromatic N) is 2. The number of carbonyl (C=O) groups is 1. The first kappa shape index (κ1) is 29.0. The fraction of sp³-hybridized carbons (Fsp3) is 0.242. The predicted octanol–water partition coefficient (Wildman–Crippen LogP) is 5.26. The quantitative estimate of drug-likeness (QED) is 0.250. The number of hydrogen-bond acceptors (Lipinski definition) is 7. The van der Waals surface area contributed by atoms with Crippen LogP contribution in [-0.4, -0.2) is 29.9 Å². The van der Waals surface area contributed by atoms with E-state index in [1.807, 2.05) is 69.3 Å². The summed E-state index contributed by atoms with van der Waals surface area (Å²) >= 11 is 1.21. The molecule has 216 valence electrons. The van der Waals surface area contributed by atoms with Gasteiger partial charge in [0.1, 0.15) is 5.82 Å². The molecule has 0 spiro atoms. The monoisotopic (exact) mass is 586 g/mol. The lowest BCUT2D eigenvalue weighted by molar-refractivity contribution is -0.138. The number of fused-ring (bicyclic) bond motifs is 1. The summed E-state index contributed by atoms with van der Waals surface area (Å²) < 4.78 is 33.0. The molecule has 42 heavy (non-hydrogen) atoms. The number of esters is 1. The van der Waals surface area contributed by atoms with Crippen molar-refractivity contribution in [3.8, 4) is 11.5 Å². The van der Waals surface area contributed by atoms with E-state index in [1.165, 1.54) is 28.0 Å². The van der Waals surface area contributed by atoms with Crippen LogP contribution < -0.4 is 24.4 Å². The summed E-state index contributed by atoms with van der Waals surface area (Å²) in [4.78, 5) is 32.8. The maximum absolute atomic E-state index is 14.0. The van der Waals surface area contributed by atoms with Gasteiger partial charge in [-0.1, -0.05) is 59.9 Å². The number of halogens is 1. The third kappa shape index (κ3) is 5.92. The molecule has 0 fully saturated rings. The number of carbonyl (C=O) groups excluding carboxylic acids is 1. The number of rotatable bonds is 9. The van der Waals surface area contributed by atoms with Crippen molar-refractivity contribution in [2.45, 2.75) is 39.8 Å². The van der Waals surface area contributed by atoms with Crippen LogP contribution in [0.5, 0.6) is 11.5 Å². The van der Waals surface area contributed by atoms with Gasteiger partial charge in [-0.2, -0.15) is 0 Å².